The van der Waals surface area contributed by atoms with Gasteiger partial charge in [-0.1, -0.05) is 11.2 Å². The highest BCUT2D eigenvalue weighted by atomic mass is 19.1. The van der Waals surface area contributed by atoms with Gasteiger partial charge in [0.15, 0.2) is 0 Å². The second-order valence-corrected chi connectivity index (χ2v) is 4.07. The third kappa shape index (κ3) is 1.93. The lowest BCUT2D eigenvalue weighted by Crippen LogP contribution is -1.90. The Hall–Kier alpha value is -3.01. The van der Waals surface area contributed by atoms with Crippen LogP contribution in [0.1, 0.15) is 5.56 Å². The van der Waals surface area contributed by atoms with E-state index in [4.69, 9.17) is 9.78 Å². The number of halogens is 1. The van der Waals surface area contributed by atoms with Crippen molar-refractivity contribution in [1.29, 1.82) is 5.26 Å². The fourth-order valence-electron chi connectivity index (χ4n) is 1.79. The zero-order valence-corrected chi connectivity index (χ0v) is 10.4. The Morgan fingerprint density at radius 2 is 2.20 bits per heavy atom. The molecule has 3 rings (SSSR count). The molecule has 98 valence electrons. The number of aromatic nitrogens is 4. The maximum atomic E-state index is 13.5. The van der Waals surface area contributed by atoms with E-state index in [2.05, 4.69) is 15.2 Å². The Bertz CT molecular complexity index is 814. The molecule has 3 aromatic rings. The lowest BCUT2D eigenvalue weighted by molar-refractivity contribution is 0.431. The number of nitriles is 1. The Labute approximate surface area is 113 Å². The lowest BCUT2D eigenvalue weighted by atomic mass is 10.1. The summed E-state index contributed by atoms with van der Waals surface area (Å²) < 4.78 is 20.2. The molecule has 0 fully saturated rings. The molecule has 20 heavy (non-hydrogen) atoms. The molecule has 0 saturated heterocycles. The molecule has 2 heterocycles. The number of aryl methyl sites for hydroxylation is 1. The van der Waals surface area contributed by atoms with Crippen LogP contribution in [-0.2, 0) is 7.05 Å². The van der Waals surface area contributed by atoms with Gasteiger partial charge in [-0.3, -0.25) is 4.68 Å². The summed E-state index contributed by atoms with van der Waals surface area (Å²) in [5.41, 5.74) is 0.684. The summed E-state index contributed by atoms with van der Waals surface area (Å²) in [5.74, 6) is -0.252. The zero-order chi connectivity index (χ0) is 14.1. The molecule has 1 aromatic carbocycles. The highest BCUT2D eigenvalue weighted by molar-refractivity contribution is 5.65. The minimum atomic E-state index is -0.623. The quantitative estimate of drug-likeness (QED) is 0.712. The van der Waals surface area contributed by atoms with Gasteiger partial charge in [-0.25, -0.2) is 4.39 Å². The average molecular weight is 269 g/mol. The number of benzene rings is 1. The molecule has 0 bridgehead atoms. The monoisotopic (exact) mass is 269 g/mol. The minimum Gasteiger partial charge on any atom is -0.334 e. The van der Waals surface area contributed by atoms with E-state index in [-0.39, 0.29) is 22.8 Å². The number of hydrogen-bond donors (Lipinski definition) is 0. The van der Waals surface area contributed by atoms with Gasteiger partial charge in [0.2, 0.25) is 5.82 Å². The molecular weight excluding hydrogens is 261 g/mol. The van der Waals surface area contributed by atoms with Crippen LogP contribution in [0.5, 0.6) is 0 Å². The summed E-state index contributed by atoms with van der Waals surface area (Å²) in [6.45, 7) is 0. The van der Waals surface area contributed by atoms with E-state index in [0.717, 1.165) is 0 Å². The van der Waals surface area contributed by atoms with Gasteiger partial charge in [-0.2, -0.15) is 15.3 Å². The van der Waals surface area contributed by atoms with Crippen LogP contribution in [-0.4, -0.2) is 19.9 Å². The third-order valence-electron chi connectivity index (χ3n) is 2.72. The molecule has 0 aliphatic heterocycles. The SMILES string of the molecule is Cn1ccc(-c2noc(-c3cccc(F)c3C#N)n2)n1. The number of nitrogens with zero attached hydrogens (tertiary/aromatic N) is 5. The van der Waals surface area contributed by atoms with Gasteiger partial charge in [0, 0.05) is 13.2 Å². The van der Waals surface area contributed by atoms with E-state index < -0.39 is 5.82 Å². The van der Waals surface area contributed by atoms with Gasteiger partial charge >= 0.3 is 0 Å². The van der Waals surface area contributed by atoms with E-state index in [1.165, 1.54) is 12.1 Å². The van der Waals surface area contributed by atoms with Crippen LogP contribution in [0.3, 0.4) is 0 Å². The van der Waals surface area contributed by atoms with Crippen molar-refractivity contribution < 1.29 is 8.91 Å². The smallest absolute Gasteiger partial charge is 0.259 e. The van der Waals surface area contributed by atoms with E-state index in [1.807, 2.05) is 0 Å². The van der Waals surface area contributed by atoms with Crippen molar-refractivity contribution in [3.63, 3.8) is 0 Å². The minimum absolute atomic E-state index is 0.0849. The summed E-state index contributed by atoms with van der Waals surface area (Å²) >= 11 is 0. The molecule has 0 atom stereocenters. The van der Waals surface area contributed by atoms with Crippen molar-refractivity contribution in [1.82, 2.24) is 19.9 Å². The van der Waals surface area contributed by atoms with Crippen molar-refractivity contribution in [3.8, 4) is 29.0 Å². The van der Waals surface area contributed by atoms with Crippen LogP contribution in [0.15, 0.2) is 35.0 Å². The van der Waals surface area contributed by atoms with Crippen LogP contribution in [0.25, 0.3) is 23.0 Å². The summed E-state index contributed by atoms with van der Waals surface area (Å²) in [7, 11) is 1.77. The topological polar surface area (TPSA) is 80.5 Å². The summed E-state index contributed by atoms with van der Waals surface area (Å²) in [6, 6.07) is 7.76. The maximum Gasteiger partial charge on any atom is 0.259 e. The van der Waals surface area contributed by atoms with Gasteiger partial charge in [-0.15, -0.1) is 0 Å². The first kappa shape index (κ1) is 12.0. The van der Waals surface area contributed by atoms with Crippen molar-refractivity contribution >= 4 is 0 Å². The summed E-state index contributed by atoms with van der Waals surface area (Å²) in [5, 5.41) is 16.9. The standard InChI is InChI=1S/C13H8FN5O/c1-19-6-5-11(17-19)12-16-13(20-18-12)8-3-2-4-10(14)9(8)7-15/h2-6H,1H3. The number of hydrogen-bond acceptors (Lipinski definition) is 5. The zero-order valence-electron chi connectivity index (χ0n) is 10.4. The first-order chi connectivity index (χ1) is 9.69. The van der Waals surface area contributed by atoms with Crippen molar-refractivity contribution in [2.75, 3.05) is 0 Å². The van der Waals surface area contributed by atoms with Crippen LogP contribution in [0.4, 0.5) is 4.39 Å². The van der Waals surface area contributed by atoms with Gasteiger partial charge in [-0.05, 0) is 18.2 Å². The average Bonchev–Trinajstić information content (AvgIpc) is 3.07. The summed E-state index contributed by atoms with van der Waals surface area (Å²) in [4.78, 5) is 4.14. The molecule has 0 unspecified atom stereocenters. The second-order valence-electron chi connectivity index (χ2n) is 4.07. The highest BCUT2D eigenvalue weighted by Gasteiger charge is 2.17. The molecule has 0 N–H and O–H groups in total. The maximum absolute atomic E-state index is 13.5. The third-order valence-corrected chi connectivity index (χ3v) is 2.72. The predicted octanol–water partition coefficient (Wildman–Crippen LogP) is 2.15. The first-order valence-electron chi connectivity index (χ1n) is 5.72. The highest BCUT2D eigenvalue weighted by Crippen LogP contribution is 2.25. The molecule has 0 aliphatic rings. The molecule has 0 spiro atoms. The van der Waals surface area contributed by atoms with E-state index in [0.29, 0.717) is 5.69 Å². The van der Waals surface area contributed by atoms with E-state index in [1.54, 1.807) is 36.1 Å². The van der Waals surface area contributed by atoms with Gasteiger partial charge in [0.05, 0.1) is 5.56 Å². The molecule has 6 nitrogen and oxygen atoms in total. The van der Waals surface area contributed by atoms with E-state index in [9.17, 15) is 4.39 Å². The van der Waals surface area contributed by atoms with Crippen LogP contribution < -0.4 is 0 Å². The molecule has 0 amide bonds. The van der Waals surface area contributed by atoms with Crippen molar-refractivity contribution in [2.45, 2.75) is 0 Å². The van der Waals surface area contributed by atoms with E-state index >= 15 is 0 Å². The molecular formula is C13H8FN5O. The summed E-state index contributed by atoms with van der Waals surface area (Å²) in [6.07, 6.45) is 1.74. The second kappa shape index (κ2) is 4.59. The normalized spacial score (nSPS) is 10.4. The first-order valence-corrected chi connectivity index (χ1v) is 5.72. The Morgan fingerprint density at radius 1 is 1.35 bits per heavy atom. The van der Waals surface area contributed by atoms with Crippen molar-refractivity contribution in [3.05, 3.63) is 41.8 Å². The predicted molar refractivity (Wildman–Crippen MR) is 66.6 cm³/mol. The molecule has 0 saturated carbocycles. The van der Waals surface area contributed by atoms with Gasteiger partial charge in [0.1, 0.15) is 23.1 Å². The molecule has 7 heteroatoms. The van der Waals surface area contributed by atoms with Crippen LogP contribution in [0, 0.1) is 17.1 Å². The molecule has 0 radical (unpaired) electrons. The largest absolute Gasteiger partial charge is 0.334 e. The molecule has 0 aliphatic carbocycles. The Balaban J connectivity index is 2.07. The molecule has 2 aromatic heterocycles. The van der Waals surface area contributed by atoms with Gasteiger partial charge in [0.25, 0.3) is 5.89 Å². The fourth-order valence-corrected chi connectivity index (χ4v) is 1.79. The van der Waals surface area contributed by atoms with Gasteiger partial charge < -0.3 is 4.52 Å². The number of rotatable bonds is 2. The Morgan fingerprint density at radius 3 is 2.90 bits per heavy atom. The lowest BCUT2D eigenvalue weighted by Gasteiger charge is -1.98. The van der Waals surface area contributed by atoms with Crippen LogP contribution >= 0.6 is 0 Å². The van der Waals surface area contributed by atoms with Crippen LogP contribution in [0.2, 0.25) is 0 Å². The fraction of sp³-hybridized carbons (Fsp3) is 0.0769. The Kier molecular flexibility index (Phi) is 2.76. The van der Waals surface area contributed by atoms with Crippen molar-refractivity contribution in [2.24, 2.45) is 7.05 Å².